The minimum atomic E-state index is -0.336. The molecule has 0 atom stereocenters. The summed E-state index contributed by atoms with van der Waals surface area (Å²) in [7, 11) is 0. The van der Waals surface area contributed by atoms with Crippen molar-refractivity contribution >= 4 is 11.9 Å². The van der Waals surface area contributed by atoms with E-state index in [9.17, 15) is 9.59 Å². The molecule has 2 aliphatic rings. The minimum Gasteiger partial charge on any atom is -0.376 e. The molecule has 2 N–H and O–H groups in total. The minimum absolute atomic E-state index is 0.0361. The zero-order valence-corrected chi connectivity index (χ0v) is 16.9. The van der Waals surface area contributed by atoms with E-state index in [0.29, 0.717) is 13.2 Å². The van der Waals surface area contributed by atoms with Gasteiger partial charge in [0.2, 0.25) is 5.95 Å². The van der Waals surface area contributed by atoms with Crippen molar-refractivity contribution in [3.05, 3.63) is 51.2 Å². The number of amides is 1. The lowest BCUT2D eigenvalue weighted by Gasteiger charge is -2.32. The molecule has 1 fully saturated rings. The average molecular weight is 397 g/mol. The fourth-order valence-electron chi connectivity index (χ4n) is 3.76. The summed E-state index contributed by atoms with van der Waals surface area (Å²) in [6.45, 7) is 6.82. The first-order valence-corrected chi connectivity index (χ1v) is 10.2. The molecule has 0 bridgehead atoms. The van der Waals surface area contributed by atoms with Crippen LogP contribution in [0.1, 0.15) is 59.9 Å². The van der Waals surface area contributed by atoms with Gasteiger partial charge in [0.1, 0.15) is 5.56 Å². The second-order valence-electron chi connectivity index (χ2n) is 7.99. The summed E-state index contributed by atoms with van der Waals surface area (Å²) in [5, 5.41) is 3.00. The fraction of sp³-hybridized carbons (Fsp3) is 0.524. The van der Waals surface area contributed by atoms with Crippen LogP contribution in [-0.2, 0) is 17.8 Å². The van der Waals surface area contributed by atoms with Gasteiger partial charge >= 0.3 is 0 Å². The van der Waals surface area contributed by atoms with Crippen molar-refractivity contribution in [3.8, 4) is 0 Å². The Morgan fingerprint density at radius 2 is 2.10 bits per heavy atom. The van der Waals surface area contributed by atoms with E-state index in [1.165, 1.54) is 0 Å². The highest BCUT2D eigenvalue weighted by atomic mass is 16.5. The van der Waals surface area contributed by atoms with Crippen molar-refractivity contribution in [2.75, 3.05) is 24.6 Å². The first kappa shape index (κ1) is 19.6. The second kappa shape index (κ2) is 8.32. The van der Waals surface area contributed by atoms with Gasteiger partial charge in [-0.05, 0) is 30.9 Å². The highest BCUT2D eigenvalue weighted by Crippen LogP contribution is 2.20. The van der Waals surface area contributed by atoms with Crippen LogP contribution in [0.2, 0.25) is 0 Å². The zero-order chi connectivity index (χ0) is 20.4. The van der Waals surface area contributed by atoms with Gasteiger partial charge < -0.3 is 19.9 Å². The molecule has 154 valence electrons. The van der Waals surface area contributed by atoms with E-state index in [-0.39, 0.29) is 29.0 Å². The van der Waals surface area contributed by atoms with Crippen molar-refractivity contribution in [1.82, 2.24) is 20.3 Å². The third-order valence-electron chi connectivity index (χ3n) is 5.59. The van der Waals surface area contributed by atoms with Gasteiger partial charge in [0.25, 0.3) is 11.5 Å². The summed E-state index contributed by atoms with van der Waals surface area (Å²) < 4.78 is 5.44. The molecule has 8 nitrogen and oxygen atoms in total. The van der Waals surface area contributed by atoms with Gasteiger partial charge in [0.15, 0.2) is 0 Å². The molecule has 2 aliphatic heterocycles. The molecule has 1 amide bonds. The van der Waals surface area contributed by atoms with E-state index in [0.717, 1.165) is 55.3 Å². The number of fused-ring (bicyclic) bond motifs is 1. The van der Waals surface area contributed by atoms with Crippen molar-refractivity contribution in [3.63, 3.8) is 0 Å². The summed E-state index contributed by atoms with van der Waals surface area (Å²) in [4.78, 5) is 38.9. The number of nitrogens with zero attached hydrogens (tertiary/aromatic N) is 3. The van der Waals surface area contributed by atoms with Crippen LogP contribution in [0.25, 0.3) is 0 Å². The molecular formula is C21H27N5O3. The molecule has 0 saturated carbocycles. The van der Waals surface area contributed by atoms with E-state index >= 15 is 0 Å². The third-order valence-corrected chi connectivity index (χ3v) is 5.59. The topological polar surface area (TPSA) is 100 Å². The molecule has 4 rings (SSSR count). The van der Waals surface area contributed by atoms with Crippen molar-refractivity contribution in [1.29, 1.82) is 0 Å². The van der Waals surface area contributed by atoms with Gasteiger partial charge in [0.05, 0.1) is 18.9 Å². The summed E-state index contributed by atoms with van der Waals surface area (Å²) in [6, 6.07) is 3.46. The van der Waals surface area contributed by atoms with E-state index in [1.54, 1.807) is 6.07 Å². The second-order valence-corrected chi connectivity index (χ2v) is 7.99. The van der Waals surface area contributed by atoms with Gasteiger partial charge in [-0.25, -0.2) is 9.97 Å². The molecular weight excluding hydrogens is 370 g/mol. The van der Waals surface area contributed by atoms with Crippen LogP contribution < -0.4 is 15.8 Å². The molecule has 2 aromatic heterocycles. The number of aromatic nitrogens is 3. The number of hydrogen-bond acceptors (Lipinski definition) is 6. The van der Waals surface area contributed by atoms with E-state index < -0.39 is 0 Å². The summed E-state index contributed by atoms with van der Waals surface area (Å²) in [5.74, 6) is 0.642. The highest BCUT2D eigenvalue weighted by molar-refractivity contribution is 5.94. The van der Waals surface area contributed by atoms with Gasteiger partial charge in [-0.3, -0.25) is 9.59 Å². The van der Waals surface area contributed by atoms with Crippen LogP contribution in [0.15, 0.2) is 23.1 Å². The number of pyridine rings is 1. The Balaban J connectivity index is 1.35. The predicted octanol–water partition coefficient (Wildman–Crippen LogP) is 1.76. The quantitative estimate of drug-likeness (QED) is 0.815. The first-order valence-electron chi connectivity index (χ1n) is 10.2. The van der Waals surface area contributed by atoms with Crippen molar-refractivity contribution in [2.24, 2.45) is 0 Å². The van der Waals surface area contributed by atoms with Crippen LogP contribution in [-0.4, -0.2) is 46.6 Å². The molecule has 0 aromatic carbocycles. The smallest absolute Gasteiger partial charge is 0.261 e. The van der Waals surface area contributed by atoms with Gasteiger partial charge in [0, 0.05) is 43.0 Å². The number of carbonyl (C=O) groups is 1. The number of nitrogens with one attached hydrogen (secondary N) is 2. The van der Waals surface area contributed by atoms with Crippen LogP contribution in [0.3, 0.4) is 0 Å². The van der Waals surface area contributed by atoms with Crippen LogP contribution in [0.4, 0.5) is 5.95 Å². The van der Waals surface area contributed by atoms with Crippen LogP contribution in [0.5, 0.6) is 0 Å². The zero-order valence-electron chi connectivity index (χ0n) is 16.9. The number of ether oxygens (including phenoxy) is 1. The van der Waals surface area contributed by atoms with Crippen LogP contribution in [0, 0.1) is 0 Å². The number of aromatic amines is 1. The number of hydrogen-bond donors (Lipinski definition) is 2. The van der Waals surface area contributed by atoms with Crippen molar-refractivity contribution < 1.29 is 9.53 Å². The summed E-state index contributed by atoms with van der Waals surface area (Å²) in [5.41, 5.74) is 2.79. The van der Waals surface area contributed by atoms with E-state index in [1.807, 2.05) is 26.1 Å². The monoisotopic (exact) mass is 397 g/mol. The van der Waals surface area contributed by atoms with Crippen LogP contribution >= 0.6 is 0 Å². The van der Waals surface area contributed by atoms with Crippen molar-refractivity contribution in [2.45, 2.75) is 51.7 Å². The maximum absolute atomic E-state index is 12.5. The van der Waals surface area contributed by atoms with E-state index in [2.05, 4.69) is 20.2 Å². The predicted molar refractivity (Wildman–Crippen MR) is 109 cm³/mol. The lowest BCUT2D eigenvalue weighted by molar-refractivity contribution is 0.0929. The lowest BCUT2D eigenvalue weighted by atomic mass is 10.0. The maximum atomic E-state index is 12.5. The number of carbonyl (C=O) groups excluding carboxylic acids is 1. The van der Waals surface area contributed by atoms with Gasteiger partial charge in [-0.1, -0.05) is 13.8 Å². The molecule has 0 unspecified atom stereocenters. The number of H-pyrrole nitrogens is 1. The normalized spacial score (nSPS) is 17.3. The Morgan fingerprint density at radius 3 is 2.83 bits per heavy atom. The third kappa shape index (κ3) is 4.32. The SMILES string of the molecule is CC(C)c1ccc(C(=O)NC2CCN(c3ncc4c(n3)CCOC4)CC2)c(=O)[nH]1. The molecule has 0 spiro atoms. The fourth-order valence-corrected chi connectivity index (χ4v) is 3.76. The average Bonchev–Trinajstić information content (AvgIpc) is 2.73. The molecule has 1 saturated heterocycles. The Morgan fingerprint density at radius 1 is 1.31 bits per heavy atom. The molecule has 2 aromatic rings. The number of piperidine rings is 1. The Hall–Kier alpha value is -2.74. The Labute approximate surface area is 169 Å². The summed E-state index contributed by atoms with van der Waals surface area (Å²) in [6.07, 6.45) is 4.26. The molecule has 0 aliphatic carbocycles. The molecule has 29 heavy (non-hydrogen) atoms. The number of rotatable bonds is 4. The molecule has 0 radical (unpaired) electrons. The standard InChI is InChI=1S/C21H27N5O3/c1-13(2)17-4-3-16(20(28)24-17)19(27)23-15-5-8-26(9-6-15)21-22-11-14-12-29-10-7-18(14)25-21/h3-4,11,13,15H,5-10,12H2,1-2H3,(H,23,27)(H,24,28). The highest BCUT2D eigenvalue weighted by Gasteiger charge is 2.24. The first-order chi connectivity index (χ1) is 14.0. The molecule has 4 heterocycles. The van der Waals surface area contributed by atoms with Gasteiger partial charge in [-0.2, -0.15) is 0 Å². The lowest BCUT2D eigenvalue weighted by Crippen LogP contribution is -2.46. The van der Waals surface area contributed by atoms with E-state index in [4.69, 9.17) is 9.72 Å². The largest absolute Gasteiger partial charge is 0.376 e. The maximum Gasteiger partial charge on any atom is 0.261 e. The molecule has 8 heteroatoms. The Kier molecular flexibility index (Phi) is 5.62. The van der Waals surface area contributed by atoms with Gasteiger partial charge in [-0.15, -0.1) is 0 Å². The Bertz CT molecular complexity index is 948. The number of anilines is 1. The summed E-state index contributed by atoms with van der Waals surface area (Å²) >= 11 is 0.